The Balaban J connectivity index is 1.84. The van der Waals surface area contributed by atoms with Crippen LogP contribution in [0.1, 0.15) is 24.1 Å². The van der Waals surface area contributed by atoms with Gasteiger partial charge in [-0.2, -0.15) is 10.4 Å². The van der Waals surface area contributed by atoms with Crippen molar-refractivity contribution < 1.29 is 4.84 Å². The van der Waals surface area contributed by atoms with Crippen LogP contribution < -0.4 is 0 Å². The summed E-state index contributed by atoms with van der Waals surface area (Å²) in [6.07, 6.45) is 5.37. The molecule has 1 aliphatic rings. The maximum absolute atomic E-state index is 9.05. The number of rotatable bonds is 5. The molecule has 2 heterocycles. The summed E-state index contributed by atoms with van der Waals surface area (Å²) in [4.78, 5) is 7.13. The number of piperidine rings is 1. The molecule has 1 aromatic carbocycles. The first kappa shape index (κ1) is 18.7. The van der Waals surface area contributed by atoms with Crippen LogP contribution >= 0.6 is 23.2 Å². The van der Waals surface area contributed by atoms with E-state index >= 15 is 0 Å². The van der Waals surface area contributed by atoms with Crippen molar-refractivity contribution in [1.82, 2.24) is 14.7 Å². The van der Waals surface area contributed by atoms with Crippen molar-refractivity contribution in [2.75, 3.05) is 20.2 Å². The van der Waals surface area contributed by atoms with Gasteiger partial charge in [0.15, 0.2) is 0 Å². The van der Waals surface area contributed by atoms with E-state index in [0.717, 1.165) is 49.4 Å². The number of hydrogen-bond donors (Lipinski definition) is 0. The highest BCUT2D eigenvalue weighted by atomic mass is 35.5. The Morgan fingerprint density at radius 2 is 2.12 bits per heavy atom. The maximum atomic E-state index is 9.05. The van der Waals surface area contributed by atoms with Gasteiger partial charge in [-0.05, 0) is 44.1 Å². The number of nitriles is 1. The van der Waals surface area contributed by atoms with Gasteiger partial charge in [-0.15, -0.1) is 0 Å². The smallest absolute Gasteiger partial charge is 0.112 e. The first-order chi connectivity index (χ1) is 12.6. The lowest BCUT2D eigenvalue weighted by molar-refractivity contribution is 0.198. The molecular formula is C18H19Cl2N5O. The Hall–Kier alpha value is -2.07. The molecule has 26 heavy (non-hydrogen) atoms. The van der Waals surface area contributed by atoms with Crippen molar-refractivity contribution in [1.29, 1.82) is 5.26 Å². The fraction of sp³-hybridized carbons (Fsp3) is 0.389. The van der Waals surface area contributed by atoms with Crippen LogP contribution in [0.5, 0.6) is 0 Å². The highest BCUT2D eigenvalue weighted by Crippen LogP contribution is 2.25. The topological polar surface area (TPSA) is 66.4 Å². The molecule has 2 aromatic rings. The molecule has 0 atom stereocenters. The summed E-state index contributed by atoms with van der Waals surface area (Å²) < 4.78 is 1.76. The van der Waals surface area contributed by atoms with Gasteiger partial charge in [0.05, 0.1) is 28.0 Å². The summed E-state index contributed by atoms with van der Waals surface area (Å²) in [6, 6.07) is 7.74. The molecule has 0 spiro atoms. The average Bonchev–Trinajstić information content (AvgIpc) is 3.05. The van der Waals surface area contributed by atoms with Crippen LogP contribution in [0.3, 0.4) is 0 Å². The minimum Gasteiger partial charge on any atom is -0.399 e. The average molecular weight is 392 g/mol. The van der Waals surface area contributed by atoms with Crippen LogP contribution in [-0.4, -0.2) is 41.1 Å². The quantitative estimate of drug-likeness (QED) is 0.572. The molecule has 0 bridgehead atoms. The fourth-order valence-corrected chi connectivity index (χ4v) is 3.27. The molecule has 1 aliphatic heterocycles. The number of hydrogen-bond acceptors (Lipinski definition) is 5. The lowest BCUT2D eigenvalue weighted by atomic mass is 9.98. The summed E-state index contributed by atoms with van der Waals surface area (Å²) in [5.74, 6) is 0.166. The molecule has 0 saturated carbocycles. The predicted molar refractivity (Wildman–Crippen MR) is 102 cm³/mol. The molecule has 1 saturated heterocycles. The Labute approximate surface area is 162 Å². The minimum absolute atomic E-state index is 0.166. The molecule has 136 valence electrons. The normalized spacial score (nSPS) is 16.1. The van der Waals surface area contributed by atoms with Gasteiger partial charge in [0.25, 0.3) is 0 Å². The van der Waals surface area contributed by atoms with Crippen LogP contribution in [0.2, 0.25) is 10.0 Å². The molecular weight excluding hydrogens is 373 g/mol. The van der Waals surface area contributed by atoms with E-state index in [9.17, 15) is 0 Å². The van der Waals surface area contributed by atoms with E-state index in [2.05, 4.69) is 21.2 Å². The molecule has 8 heteroatoms. The molecule has 0 radical (unpaired) electrons. The fourth-order valence-electron chi connectivity index (χ4n) is 2.98. The maximum Gasteiger partial charge on any atom is 0.112 e. The molecule has 3 rings (SSSR count). The highest BCUT2D eigenvalue weighted by molar-refractivity contribution is 6.42. The number of benzene rings is 1. The molecule has 0 unspecified atom stereocenters. The van der Waals surface area contributed by atoms with Crippen molar-refractivity contribution in [3.63, 3.8) is 0 Å². The zero-order valence-electron chi connectivity index (χ0n) is 14.4. The van der Waals surface area contributed by atoms with Crippen LogP contribution in [0, 0.1) is 17.2 Å². The van der Waals surface area contributed by atoms with E-state index in [1.807, 2.05) is 12.3 Å². The zero-order chi connectivity index (χ0) is 18.5. The van der Waals surface area contributed by atoms with Crippen LogP contribution in [0.15, 0.2) is 29.6 Å². The van der Waals surface area contributed by atoms with Gasteiger partial charge < -0.3 is 4.84 Å². The SMILES string of the molecule is CON=Cc1nn(-c2ccc(Cl)c(Cl)c2)cc1CN1CCC(C#N)CC1. The first-order valence-electron chi connectivity index (χ1n) is 8.33. The number of nitrogens with zero attached hydrogens (tertiary/aromatic N) is 5. The standard InChI is InChI=1S/C18H19Cl2N5O/c1-26-22-10-18-14(11-24-6-4-13(9-21)5-7-24)12-25(23-18)15-2-3-16(19)17(20)8-15/h2-3,8,10,12-13H,4-7,11H2,1H3. The van der Waals surface area contributed by atoms with Gasteiger partial charge in [0, 0.05) is 24.2 Å². The van der Waals surface area contributed by atoms with Crippen LogP contribution in [0.25, 0.3) is 5.69 Å². The molecule has 6 nitrogen and oxygen atoms in total. The first-order valence-corrected chi connectivity index (χ1v) is 9.08. The third kappa shape index (κ3) is 4.36. The Morgan fingerprint density at radius 1 is 1.35 bits per heavy atom. The van der Waals surface area contributed by atoms with Crippen LogP contribution in [0.4, 0.5) is 0 Å². The minimum atomic E-state index is 0.166. The highest BCUT2D eigenvalue weighted by Gasteiger charge is 2.20. The molecule has 0 amide bonds. The van der Waals surface area contributed by atoms with Crippen molar-refractivity contribution in [3.05, 3.63) is 45.7 Å². The van der Waals surface area contributed by atoms with Gasteiger partial charge in [0.2, 0.25) is 0 Å². The molecule has 1 aromatic heterocycles. The Morgan fingerprint density at radius 3 is 2.77 bits per heavy atom. The van der Waals surface area contributed by atoms with Crippen molar-refractivity contribution >= 4 is 29.4 Å². The number of halogens is 2. The Kier molecular flexibility index (Phi) is 6.15. The second-order valence-electron chi connectivity index (χ2n) is 6.18. The van der Waals surface area contributed by atoms with Crippen molar-refractivity contribution in [2.45, 2.75) is 19.4 Å². The van der Waals surface area contributed by atoms with Gasteiger partial charge in [0.1, 0.15) is 12.8 Å². The molecule has 1 fully saturated rings. The van der Waals surface area contributed by atoms with Crippen molar-refractivity contribution in [2.24, 2.45) is 11.1 Å². The number of likely N-dealkylation sites (tertiary alicyclic amines) is 1. The summed E-state index contributed by atoms with van der Waals surface area (Å²) in [6.45, 7) is 2.54. The van der Waals surface area contributed by atoms with Gasteiger partial charge in [-0.3, -0.25) is 4.90 Å². The lowest BCUT2D eigenvalue weighted by Crippen LogP contribution is -2.32. The number of oxime groups is 1. The third-order valence-corrected chi connectivity index (χ3v) is 5.17. The van der Waals surface area contributed by atoms with E-state index in [0.29, 0.717) is 10.0 Å². The van der Waals surface area contributed by atoms with E-state index in [1.165, 1.54) is 7.11 Å². The largest absolute Gasteiger partial charge is 0.399 e. The third-order valence-electron chi connectivity index (χ3n) is 4.43. The summed E-state index contributed by atoms with van der Waals surface area (Å²) in [5.41, 5.74) is 2.59. The predicted octanol–water partition coefficient (Wildman–Crippen LogP) is 3.89. The molecule has 0 N–H and O–H groups in total. The lowest BCUT2D eigenvalue weighted by Gasteiger charge is -2.28. The van der Waals surface area contributed by atoms with E-state index in [-0.39, 0.29) is 5.92 Å². The summed E-state index contributed by atoms with van der Waals surface area (Å²) in [5, 5.41) is 18.5. The van der Waals surface area contributed by atoms with Gasteiger partial charge in [-0.1, -0.05) is 28.4 Å². The second-order valence-corrected chi connectivity index (χ2v) is 6.99. The monoisotopic (exact) mass is 391 g/mol. The molecule has 0 aliphatic carbocycles. The Bertz CT molecular complexity index is 835. The van der Waals surface area contributed by atoms with Crippen LogP contribution in [-0.2, 0) is 11.4 Å². The van der Waals surface area contributed by atoms with Gasteiger partial charge in [-0.25, -0.2) is 4.68 Å². The van der Waals surface area contributed by atoms with E-state index in [4.69, 9.17) is 33.3 Å². The summed E-state index contributed by atoms with van der Waals surface area (Å²) in [7, 11) is 1.50. The van der Waals surface area contributed by atoms with Crippen molar-refractivity contribution in [3.8, 4) is 11.8 Å². The van der Waals surface area contributed by atoms with E-state index < -0.39 is 0 Å². The summed E-state index contributed by atoms with van der Waals surface area (Å²) >= 11 is 12.1. The van der Waals surface area contributed by atoms with Gasteiger partial charge >= 0.3 is 0 Å². The van der Waals surface area contributed by atoms with E-state index in [1.54, 1.807) is 23.0 Å². The number of aromatic nitrogens is 2. The zero-order valence-corrected chi connectivity index (χ0v) is 15.9. The second kappa shape index (κ2) is 8.54.